The fourth-order valence-electron chi connectivity index (χ4n) is 2.16. The average Bonchev–Trinajstić information content (AvgIpc) is 2.54. The van der Waals surface area contributed by atoms with E-state index in [0.717, 1.165) is 0 Å². The van der Waals surface area contributed by atoms with Gasteiger partial charge in [-0.15, -0.1) is 6.58 Å². The third kappa shape index (κ3) is 2.49. The van der Waals surface area contributed by atoms with Gasteiger partial charge in [-0.25, -0.2) is 0 Å². The molecule has 3 N–H and O–H groups in total. The summed E-state index contributed by atoms with van der Waals surface area (Å²) < 4.78 is 0. The normalized spacial score (nSPS) is 12.7. The molecule has 102 valence electrons. The van der Waals surface area contributed by atoms with Gasteiger partial charge in [0, 0.05) is 0 Å². The highest BCUT2D eigenvalue weighted by molar-refractivity contribution is 6.92. The molecule has 3 nitrogen and oxygen atoms in total. The van der Waals surface area contributed by atoms with Gasteiger partial charge in [-0.3, -0.25) is 4.79 Å². The van der Waals surface area contributed by atoms with E-state index in [4.69, 9.17) is 5.40 Å². The summed E-state index contributed by atoms with van der Waals surface area (Å²) in [4.78, 5) is 12.6. The van der Waals surface area contributed by atoms with E-state index in [1.807, 2.05) is 12.1 Å². The van der Waals surface area contributed by atoms with Crippen LogP contribution in [0.2, 0.25) is 0 Å². The second-order valence-corrected chi connectivity index (χ2v) is 6.62. The first-order valence-corrected chi connectivity index (χ1v) is 8.27. The fourth-order valence-corrected chi connectivity index (χ4v) is 3.19. The molecule has 0 aliphatic carbocycles. The molecule has 20 heavy (non-hydrogen) atoms. The number of nitrogens with two attached hydrogens (primary N) is 1. The number of rotatable bonds is 5. The second kappa shape index (κ2) is 5.96. The van der Waals surface area contributed by atoms with Crippen molar-refractivity contribution in [1.82, 2.24) is 0 Å². The number of benzene rings is 2. The van der Waals surface area contributed by atoms with Crippen molar-refractivity contribution in [2.75, 3.05) is 0 Å². The van der Waals surface area contributed by atoms with Crippen molar-refractivity contribution in [3.8, 4) is 0 Å². The van der Waals surface area contributed by atoms with Crippen molar-refractivity contribution >= 4 is 14.4 Å². The molecule has 0 bridgehead atoms. The lowest BCUT2D eigenvalue weighted by atomic mass is 9.87. The van der Waals surface area contributed by atoms with E-state index in [1.54, 1.807) is 48.5 Å². The molecule has 0 amide bonds. The Bertz CT molecular complexity index is 559. The summed E-state index contributed by atoms with van der Waals surface area (Å²) in [5.74, 6) is 0. The van der Waals surface area contributed by atoms with Crippen molar-refractivity contribution in [2.45, 2.75) is 5.60 Å². The minimum atomic E-state index is -2.37. The molecule has 2 aromatic carbocycles. The topological polar surface area (TPSA) is 63.3 Å². The highest BCUT2D eigenvalue weighted by atomic mass is 28.3. The van der Waals surface area contributed by atoms with Crippen LogP contribution >= 0.6 is 0 Å². The summed E-state index contributed by atoms with van der Waals surface area (Å²) in [5, 5.41) is 16.6. The Hall–Kier alpha value is -2.01. The molecule has 0 saturated carbocycles. The number of aliphatic hydroxyl groups is 1. The highest BCUT2D eigenvalue weighted by Crippen LogP contribution is 2.30. The SMILES string of the molecule is C=C[SiH](N)C(=O)C(O)(c1ccccc1)c1ccccc1. The zero-order valence-electron chi connectivity index (χ0n) is 11.1. The quantitative estimate of drug-likeness (QED) is 0.816. The maximum atomic E-state index is 12.6. The van der Waals surface area contributed by atoms with Gasteiger partial charge in [0.1, 0.15) is 0 Å². The lowest BCUT2D eigenvalue weighted by Crippen LogP contribution is -2.49. The van der Waals surface area contributed by atoms with E-state index in [2.05, 4.69) is 6.58 Å². The van der Waals surface area contributed by atoms with E-state index in [1.165, 1.54) is 5.70 Å². The lowest BCUT2D eigenvalue weighted by molar-refractivity contribution is -0.126. The van der Waals surface area contributed by atoms with Crippen LogP contribution in [0.1, 0.15) is 11.1 Å². The van der Waals surface area contributed by atoms with Crippen LogP contribution in [-0.2, 0) is 10.4 Å². The van der Waals surface area contributed by atoms with Crippen molar-refractivity contribution < 1.29 is 9.90 Å². The molecule has 0 aromatic heterocycles. The van der Waals surface area contributed by atoms with Crippen molar-refractivity contribution in [3.05, 3.63) is 84.1 Å². The number of hydrogen-bond acceptors (Lipinski definition) is 3. The van der Waals surface area contributed by atoms with Gasteiger partial charge in [-0.05, 0) is 11.1 Å². The molecular formula is C16H17NO2Si. The van der Waals surface area contributed by atoms with E-state index in [-0.39, 0.29) is 5.41 Å². The molecule has 1 unspecified atom stereocenters. The summed E-state index contributed by atoms with van der Waals surface area (Å²) in [6.45, 7) is 3.59. The number of hydrogen-bond donors (Lipinski definition) is 2. The monoisotopic (exact) mass is 283 g/mol. The van der Waals surface area contributed by atoms with E-state index in [0.29, 0.717) is 11.1 Å². The van der Waals surface area contributed by atoms with Gasteiger partial charge in [0.2, 0.25) is 8.96 Å². The molecule has 1 atom stereocenters. The minimum absolute atomic E-state index is 0.357. The first kappa shape index (κ1) is 14.4. The average molecular weight is 283 g/mol. The first-order valence-electron chi connectivity index (χ1n) is 6.36. The number of carbonyl (C=O) groups excluding carboxylic acids is 1. The van der Waals surface area contributed by atoms with Gasteiger partial charge >= 0.3 is 0 Å². The first-order chi connectivity index (χ1) is 9.60. The van der Waals surface area contributed by atoms with Crippen LogP contribution in [0.25, 0.3) is 0 Å². The lowest BCUT2D eigenvalue weighted by Gasteiger charge is -2.29. The molecule has 2 rings (SSSR count). The zero-order valence-corrected chi connectivity index (χ0v) is 12.2. The highest BCUT2D eigenvalue weighted by Gasteiger charge is 2.41. The molecule has 0 fully saturated rings. The van der Waals surface area contributed by atoms with Crippen molar-refractivity contribution in [3.63, 3.8) is 0 Å². The van der Waals surface area contributed by atoms with Gasteiger partial charge in [0.15, 0.2) is 11.0 Å². The summed E-state index contributed by atoms with van der Waals surface area (Å²) in [6, 6.07) is 17.8. The minimum Gasteiger partial charge on any atom is -0.373 e. The Balaban J connectivity index is 2.61. The predicted octanol–water partition coefficient (Wildman–Crippen LogP) is 1.44. The molecule has 4 heteroatoms. The Kier molecular flexibility index (Phi) is 4.29. The van der Waals surface area contributed by atoms with Gasteiger partial charge in [-0.1, -0.05) is 66.4 Å². The van der Waals surface area contributed by atoms with Gasteiger partial charge < -0.3 is 10.5 Å². The van der Waals surface area contributed by atoms with Crippen LogP contribution in [-0.4, -0.2) is 19.5 Å². The van der Waals surface area contributed by atoms with E-state index < -0.39 is 14.6 Å². The molecule has 0 aliphatic rings. The summed E-state index contributed by atoms with van der Waals surface area (Å²) in [7, 11) is -2.37. The molecule has 0 radical (unpaired) electrons. The molecule has 0 spiro atoms. The molecule has 2 aromatic rings. The second-order valence-electron chi connectivity index (χ2n) is 4.57. The third-order valence-electron chi connectivity index (χ3n) is 3.30. The van der Waals surface area contributed by atoms with Gasteiger partial charge in [-0.2, -0.15) is 0 Å². The predicted molar refractivity (Wildman–Crippen MR) is 82.4 cm³/mol. The van der Waals surface area contributed by atoms with Crippen LogP contribution in [0.3, 0.4) is 0 Å². The molecular weight excluding hydrogens is 266 g/mol. The summed E-state index contributed by atoms with van der Waals surface area (Å²) in [5.41, 5.74) is 0.823. The summed E-state index contributed by atoms with van der Waals surface area (Å²) >= 11 is 0. The van der Waals surface area contributed by atoms with Gasteiger partial charge in [0.05, 0.1) is 0 Å². The van der Waals surface area contributed by atoms with Crippen molar-refractivity contribution in [1.29, 1.82) is 0 Å². The Morgan fingerprint density at radius 2 is 1.45 bits per heavy atom. The Morgan fingerprint density at radius 1 is 1.05 bits per heavy atom. The van der Waals surface area contributed by atoms with Gasteiger partial charge in [0.25, 0.3) is 0 Å². The smallest absolute Gasteiger partial charge is 0.212 e. The van der Waals surface area contributed by atoms with E-state index >= 15 is 0 Å². The van der Waals surface area contributed by atoms with Crippen LogP contribution in [0, 0.1) is 0 Å². The molecule has 0 aliphatic heterocycles. The van der Waals surface area contributed by atoms with Crippen molar-refractivity contribution in [2.24, 2.45) is 5.40 Å². The third-order valence-corrected chi connectivity index (χ3v) is 4.83. The zero-order chi connectivity index (χ0) is 14.6. The number of carbonyl (C=O) groups is 1. The molecule has 0 saturated heterocycles. The Labute approximate surface area is 120 Å². The maximum absolute atomic E-state index is 12.6. The Morgan fingerprint density at radius 3 is 1.80 bits per heavy atom. The largest absolute Gasteiger partial charge is 0.373 e. The standard InChI is InChI=1S/C16H17NO2Si/c1-2-20(17)15(18)16(19,13-9-5-3-6-10-13)14-11-7-4-8-12-14/h2-12,19-20H,1,17H2. The molecule has 0 heterocycles. The van der Waals surface area contributed by atoms with Crippen LogP contribution < -0.4 is 5.40 Å². The van der Waals surface area contributed by atoms with Crippen LogP contribution in [0.5, 0.6) is 0 Å². The van der Waals surface area contributed by atoms with E-state index in [9.17, 15) is 9.90 Å². The van der Waals surface area contributed by atoms with Crippen LogP contribution in [0.15, 0.2) is 72.9 Å². The maximum Gasteiger partial charge on any atom is 0.212 e. The fraction of sp³-hybridized carbons (Fsp3) is 0.0625. The van der Waals surface area contributed by atoms with Crippen LogP contribution in [0.4, 0.5) is 0 Å². The summed E-state index contributed by atoms with van der Waals surface area (Å²) in [6.07, 6.45) is 0.